The van der Waals surface area contributed by atoms with Gasteiger partial charge in [-0.25, -0.2) is 9.67 Å². The number of carbonyl (C=O) groups is 1. The first-order valence-corrected chi connectivity index (χ1v) is 7.31. The molecule has 7 heteroatoms. The Morgan fingerprint density at radius 3 is 2.91 bits per heavy atom. The van der Waals surface area contributed by atoms with Crippen molar-refractivity contribution in [1.82, 2.24) is 25.4 Å². The molecule has 116 valence electrons. The van der Waals surface area contributed by atoms with Crippen molar-refractivity contribution in [2.24, 2.45) is 0 Å². The monoisotopic (exact) mass is 301 g/mol. The largest absolute Gasteiger partial charge is 0.392 e. The average Bonchev–Trinajstić information content (AvgIpc) is 3.18. The maximum absolute atomic E-state index is 12.1. The van der Waals surface area contributed by atoms with Crippen LogP contribution >= 0.6 is 0 Å². The van der Waals surface area contributed by atoms with E-state index in [2.05, 4.69) is 20.7 Å². The number of aromatic nitrogens is 3. The summed E-state index contributed by atoms with van der Waals surface area (Å²) in [6, 6.07) is 7.61. The van der Waals surface area contributed by atoms with Gasteiger partial charge in [0, 0.05) is 13.1 Å². The van der Waals surface area contributed by atoms with Crippen LogP contribution in [0.25, 0.3) is 0 Å². The Morgan fingerprint density at radius 1 is 1.41 bits per heavy atom. The summed E-state index contributed by atoms with van der Waals surface area (Å²) in [7, 11) is 0. The van der Waals surface area contributed by atoms with Gasteiger partial charge in [-0.3, -0.25) is 4.79 Å². The van der Waals surface area contributed by atoms with Crippen LogP contribution in [0.2, 0.25) is 0 Å². The molecule has 7 nitrogen and oxygen atoms in total. The lowest BCUT2D eigenvalue weighted by atomic mass is 10.1. The molecule has 3 N–H and O–H groups in total. The molecule has 1 aromatic heterocycles. The summed E-state index contributed by atoms with van der Waals surface area (Å²) in [4.78, 5) is 16.0. The van der Waals surface area contributed by atoms with Crippen molar-refractivity contribution in [3.05, 3.63) is 48.0 Å². The highest BCUT2D eigenvalue weighted by molar-refractivity contribution is 5.82. The van der Waals surface area contributed by atoms with Crippen molar-refractivity contribution < 1.29 is 9.90 Å². The third kappa shape index (κ3) is 3.49. The van der Waals surface area contributed by atoms with Gasteiger partial charge in [0.2, 0.25) is 5.91 Å². The number of rotatable bonds is 5. The summed E-state index contributed by atoms with van der Waals surface area (Å²) in [6.45, 7) is 1.55. The van der Waals surface area contributed by atoms with E-state index in [1.807, 2.05) is 24.3 Å². The molecule has 1 fully saturated rings. The van der Waals surface area contributed by atoms with Crippen LogP contribution in [-0.2, 0) is 17.9 Å². The molecule has 0 radical (unpaired) electrons. The number of carbonyl (C=O) groups excluding carboxylic acids is 1. The van der Waals surface area contributed by atoms with Gasteiger partial charge < -0.3 is 15.7 Å². The standard InChI is InChI=1S/C15H19N5O2/c21-13-5-14(17-7-13)15(22)18-6-11-3-1-2-4-12(11)8-20-10-16-9-19-20/h1-4,9-10,13-14,17,21H,5-8H2,(H,18,22)/t13-,14-/m1/s1. The fourth-order valence-electron chi connectivity index (χ4n) is 2.60. The first-order chi connectivity index (χ1) is 10.7. The molecule has 1 aliphatic heterocycles. The van der Waals surface area contributed by atoms with E-state index in [4.69, 9.17) is 0 Å². The minimum absolute atomic E-state index is 0.0768. The zero-order chi connectivity index (χ0) is 15.4. The van der Waals surface area contributed by atoms with Gasteiger partial charge in [-0.15, -0.1) is 0 Å². The molecule has 1 amide bonds. The third-order valence-corrected chi connectivity index (χ3v) is 3.79. The number of aliphatic hydroxyl groups is 1. The topological polar surface area (TPSA) is 92.1 Å². The highest BCUT2D eigenvalue weighted by Gasteiger charge is 2.27. The van der Waals surface area contributed by atoms with Crippen LogP contribution in [0.1, 0.15) is 17.5 Å². The maximum atomic E-state index is 12.1. The van der Waals surface area contributed by atoms with E-state index in [-0.39, 0.29) is 11.9 Å². The van der Waals surface area contributed by atoms with Crippen molar-refractivity contribution in [3.8, 4) is 0 Å². The lowest BCUT2D eigenvalue weighted by molar-refractivity contribution is -0.123. The molecule has 2 aromatic rings. The Morgan fingerprint density at radius 2 is 2.23 bits per heavy atom. The van der Waals surface area contributed by atoms with Crippen molar-refractivity contribution in [1.29, 1.82) is 0 Å². The smallest absolute Gasteiger partial charge is 0.237 e. The van der Waals surface area contributed by atoms with Crippen LogP contribution in [0.5, 0.6) is 0 Å². The molecule has 0 unspecified atom stereocenters. The Bertz CT molecular complexity index is 629. The second kappa shape index (κ2) is 6.67. The Hall–Kier alpha value is -2.25. The van der Waals surface area contributed by atoms with Crippen molar-refractivity contribution in [3.63, 3.8) is 0 Å². The summed E-state index contributed by atoms with van der Waals surface area (Å²) in [5, 5.41) is 19.5. The first-order valence-electron chi connectivity index (χ1n) is 7.31. The molecule has 22 heavy (non-hydrogen) atoms. The van der Waals surface area contributed by atoms with E-state index in [1.54, 1.807) is 11.0 Å². The van der Waals surface area contributed by atoms with Crippen LogP contribution in [0.15, 0.2) is 36.9 Å². The lowest BCUT2D eigenvalue weighted by Crippen LogP contribution is -2.40. The summed E-state index contributed by atoms with van der Waals surface area (Å²) >= 11 is 0. The number of nitrogens with one attached hydrogen (secondary N) is 2. The third-order valence-electron chi connectivity index (χ3n) is 3.79. The van der Waals surface area contributed by atoms with Crippen molar-refractivity contribution in [2.75, 3.05) is 6.54 Å². The van der Waals surface area contributed by atoms with Gasteiger partial charge in [0.1, 0.15) is 12.7 Å². The fourth-order valence-corrected chi connectivity index (χ4v) is 2.60. The molecular formula is C15H19N5O2. The molecule has 0 bridgehead atoms. The number of aliphatic hydroxyl groups excluding tert-OH is 1. The molecule has 1 aliphatic rings. The highest BCUT2D eigenvalue weighted by atomic mass is 16.3. The van der Waals surface area contributed by atoms with Crippen LogP contribution < -0.4 is 10.6 Å². The quantitative estimate of drug-likeness (QED) is 0.703. The number of nitrogens with zero attached hydrogens (tertiary/aromatic N) is 3. The molecule has 2 atom stereocenters. The minimum atomic E-state index is -0.435. The number of hydrogen-bond donors (Lipinski definition) is 3. The molecule has 1 saturated heterocycles. The lowest BCUT2D eigenvalue weighted by Gasteiger charge is -2.13. The molecule has 1 aromatic carbocycles. The maximum Gasteiger partial charge on any atom is 0.237 e. The summed E-state index contributed by atoms with van der Waals surface area (Å²) in [6.07, 6.45) is 3.20. The number of amides is 1. The zero-order valence-corrected chi connectivity index (χ0v) is 12.1. The van der Waals surface area contributed by atoms with Crippen LogP contribution in [0, 0.1) is 0 Å². The van der Waals surface area contributed by atoms with Gasteiger partial charge >= 0.3 is 0 Å². The van der Waals surface area contributed by atoms with Gasteiger partial charge in [-0.1, -0.05) is 24.3 Å². The minimum Gasteiger partial charge on any atom is -0.392 e. The van der Waals surface area contributed by atoms with Crippen LogP contribution in [0.4, 0.5) is 0 Å². The molecule has 2 heterocycles. The average molecular weight is 301 g/mol. The van der Waals surface area contributed by atoms with Gasteiger partial charge in [0.25, 0.3) is 0 Å². The van der Waals surface area contributed by atoms with E-state index in [0.717, 1.165) is 11.1 Å². The zero-order valence-electron chi connectivity index (χ0n) is 12.1. The molecule has 3 rings (SSSR count). The van der Waals surface area contributed by atoms with E-state index in [9.17, 15) is 9.90 Å². The van der Waals surface area contributed by atoms with Crippen molar-refractivity contribution in [2.45, 2.75) is 31.7 Å². The van der Waals surface area contributed by atoms with E-state index < -0.39 is 6.10 Å². The Kier molecular flexibility index (Phi) is 4.45. The van der Waals surface area contributed by atoms with E-state index in [0.29, 0.717) is 26.1 Å². The molecular weight excluding hydrogens is 282 g/mol. The first kappa shape index (κ1) is 14.7. The number of β-amino-alcohol motifs (C(OH)–C–C–N with tert-alkyl or cyclic N) is 1. The highest BCUT2D eigenvalue weighted by Crippen LogP contribution is 2.11. The summed E-state index contributed by atoms with van der Waals surface area (Å²) in [5.74, 6) is -0.0768. The molecule has 0 saturated carbocycles. The second-order valence-electron chi connectivity index (χ2n) is 5.43. The number of benzene rings is 1. The second-order valence-corrected chi connectivity index (χ2v) is 5.43. The normalized spacial score (nSPS) is 21.0. The summed E-state index contributed by atoms with van der Waals surface area (Å²) in [5.41, 5.74) is 2.14. The predicted octanol–water partition coefficient (Wildman–Crippen LogP) is -0.335. The number of hydrogen-bond acceptors (Lipinski definition) is 5. The summed E-state index contributed by atoms with van der Waals surface area (Å²) < 4.78 is 1.75. The Balaban J connectivity index is 1.61. The van der Waals surface area contributed by atoms with Crippen LogP contribution in [0.3, 0.4) is 0 Å². The fraction of sp³-hybridized carbons (Fsp3) is 0.400. The van der Waals surface area contributed by atoms with E-state index in [1.165, 1.54) is 6.33 Å². The van der Waals surface area contributed by atoms with E-state index >= 15 is 0 Å². The molecule has 0 aliphatic carbocycles. The van der Waals surface area contributed by atoms with Crippen molar-refractivity contribution >= 4 is 5.91 Å². The predicted molar refractivity (Wildman–Crippen MR) is 79.8 cm³/mol. The Labute approximate surface area is 128 Å². The van der Waals surface area contributed by atoms with Gasteiger partial charge in [0.15, 0.2) is 0 Å². The van der Waals surface area contributed by atoms with Gasteiger partial charge in [-0.2, -0.15) is 5.10 Å². The van der Waals surface area contributed by atoms with Gasteiger partial charge in [0.05, 0.1) is 18.7 Å². The van der Waals surface area contributed by atoms with Gasteiger partial charge in [-0.05, 0) is 17.5 Å². The SMILES string of the molecule is O=C(NCc1ccccc1Cn1cncn1)[C@H]1C[C@@H](O)CN1. The van der Waals surface area contributed by atoms with Crippen LogP contribution in [-0.4, -0.2) is 44.5 Å². The molecule has 0 spiro atoms.